The van der Waals surface area contributed by atoms with Crippen molar-refractivity contribution in [2.24, 2.45) is 0 Å². The van der Waals surface area contributed by atoms with Gasteiger partial charge in [-0.3, -0.25) is 9.78 Å². The van der Waals surface area contributed by atoms with Crippen LogP contribution in [0, 0.1) is 5.82 Å². The number of para-hydroxylation sites is 1. The Hall–Kier alpha value is -2.05. The third-order valence-electron chi connectivity index (χ3n) is 7.25. The molecule has 166 valence electrons. The molecule has 2 atom stereocenters. The number of hydrogen-bond donors (Lipinski definition) is 0. The van der Waals surface area contributed by atoms with Crippen LogP contribution in [0.15, 0.2) is 36.5 Å². The zero-order chi connectivity index (χ0) is 22.6. The number of hydrogen-bond acceptors (Lipinski definition) is 4. The molecule has 2 heterocycles. The molecule has 1 aromatic carbocycles. The maximum Gasteiger partial charge on any atom is 0.214 e. The van der Waals surface area contributed by atoms with Crippen molar-refractivity contribution in [2.45, 2.75) is 82.7 Å². The van der Waals surface area contributed by atoms with Crippen LogP contribution in [-0.4, -0.2) is 19.1 Å². The number of benzene rings is 1. The average molecular weight is 442 g/mol. The van der Waals surface area contributed by atoms with Crippen LogP contribution in [0.1, 0.15) is 82.1 Å². The number of fused-ring (bicyclic) bond motifs is 3. The zero-order valence-electron chi connectivity index (χ0n) is 19.2. The molecule has 31 heavy (non-hydrogen) atoms. The van der Waals surface area contributed by atoms with Crippen LogP contribution in [-0.2, 0) is 10.0 Å². The first kappa shape index (κ1) is 22.2. The number of rotatable bonds is 5. The van der Waals surface area contributed by atoms with Crippen LogP contribution in [0.3, 0.4) is 0 Å². The van der Waals surface area contributed by atoms with Crippen LogP contribution in [0.4, 0.5) is 4.39 Å². The van der Waals surface area contributed by atoms with E-state index in [4.69, 9.17) is 9.16 Å². The molecule has 6 heteroatoms. The number of aromatic nitrogens is 1. The minimum absolute atomic E-state index is 0.0527. The highest BCUT2D eigenvalue weighted by Gasteiger charge is 2.56. The molecule has 0 radical (unpaired) electrons. The Morgan fingerprint density at radius 1 is 1.10 bits per heavy atom. The molecular formula is C25H32FNO3Si. The normalized spacial score (nSPS) is 22.9. The summed E-state index contributed by atoms with van der Waals surface area (Å²) in [4.78, 5) is 18.1. The molecule has 4 rings (SSSR count). The Kier molecular flexibility index (Phi) is 5.59. The van der Waals surface area contributed by atoms with Gasteiger partial charge in [0.25, 0.3) is 0 Å². The van der Waals surface area contributed by atoms with Gasteiger partial charge in [0, 0.05) is 18.2 Å². The average Bonchev–Trinajstić information content (AvgIpc) is 3.01. The molecule has 1 aromatic heterocycles. The Morgan fingerprint density at radius 2 is 1.77 bits per heavy atom. The number of ether oxygens (including phenoxy) is 1. The Morgan fingerprint density at radius 3 is 2.39 bits per heavy atom. The molecule has 1 aliphatic carbocycles. The second kappa shape index (κ2) is 7.82. The second-order valence-corrected chi connectivity index (χ2v) is 15.2. The zero-order valence-corrected chi connectivity index (χ0v) is 20.2. The fraction of sp³-hybridized carbons (Fsp3) is 0.520. The van der Waals surface area contributed by atoms with E-state index in [0.29, 0.717) is 40.6 Å². The molecule has 0 bridgehead atoms. The van der Waals surface area contributed by atoms with Gasteiger partial charge >= 0.3 is 0 Å². The lowest BCUT2D eigenvalue weighted by Crippen LogP contribution is -2.50. The van der Waals surface area contributed by atoms with Gasteiger partial charge in [0.15, 0.2) is 17.2 Å². The molecule has 1 spiro atoms. The molecule has 0 fully saturated rings. The molecule has 2 aromatic rings. The predicted molar refractivity (Wildman–Crippen MR) is 121 cm³/mol. The molecule has 1 aliphatic heterocycles. The first-order chi connectivity index (χ1) is 14.6. The first-order valence-electron chi connectivity index (χ1n) is 11.3. The van der Waals surface area contributed by atoms with Gasteiger partial charge in [-0.25, -0.2) is 4.39 Å². The number of ketones is 1. The van der Waals surface area contributed by atoms with E-state index in [0.717, 1.165) is 5.69 Å². The summed E-state index contributed by atoms with van der Waals surface area (Å²) in [5, 5.41) is 0. The number of pyridine rings is 1. The van der Waals surface area contributed by atoms with Gasteiger partial charge in [0.2, 0.25) is 14.1 Å². The quantitative estimate of drug-likeness (QED) is 0.483. The van der Waals surface area contributed by atoms with Crippen molar-refractivity contribution < 1.29 is 18.3 Å². The van der Waals surface area contributed by atoms with Crippen LogP contribution >= 0.6 is 0 Å². The van der Waals surface area contributed by atoms with E-state index < -0.39 is 19.7 Å². The highest BCUT2D eigenvalue weighted by atomic mass is 28.4. The smallest absolute Gasteiger partial charge is 0.214 e. The summed E-state index contributed by atoms with van der Waals surface area (Å²) in [6.45, 7) is 13.6. The minimum Gasteiger partial charge on any atom is -0.470 e. The summed E-state index contributed by atoms with van der Waals surface area (Å²) >= 11 is 0. The Balaban J connectivity index is 1.78. The van der Waals surface area contributed by atoms with Crippen molar-refractivity contribution in [1.82, 2.24) is 4.98 Å². The highest BCUT2D eigenvalue weighted by Crippen LogP contribution is 2.53. The van der Waals surface area contributed by atoms with Crippen LogP contribution < -0.4 is 4.74 Å². The van der Waals surface area contributed by atoms with E-state index in [-0.39, 0.29) is 17.6 Å². The van der Waals surface area contributed by atoms with E-state index in [1.807, 2.05) is 12.1 Å². The van der Waals surface area contributed by atoms with E-state index in [1.54, 1.807) is 18.3 Å². The van der Waals surface area contributed by atoms with E-state index in [1.165, 1.54) is 6.07 Å². The topological polar surface area (TPSA) is 48.4 Å². The minimum atomic E-state index is -2.15. The lowest BCUT2D eigenvalue weighted by atomic mass is 9.77. The van der Waals surface area contributed by atoms with E-state index in [9.17, 15) is 9.18 Å². The van der Waals surface area contributed by atoms with Crippen molar-refractivity contribution in [3.63, 3.8) is 0 Å². The monoisotopic (exact) mass is 441 g/mol. The number of carbonyl (C=O) groups is 1. The van der Waals surface area contributed by atoms with Crippen molar-refractivity contribution in [3.05, 3.63) is 59.2 Å². The number of carbonyl (C=O) groups excluding carboxylic acids is 1. The number of Topliss-reactive ketones (excluding diaryl/α,β-unsaturated/α-hetero) is 1. The van der Waals surface area contributed by atoms with Crippen LogP contribution in [0.25, 0.3) is 0 Å². The number of nitrogens with zero attached hydrogens (tertiary/aromatic N) is 1. The molecule has 2 aliphatic rings. The lowest BCUT2D eigenvalue weighted by Gasteiger charge is -2.46. The van der Waals surface area contributed by atoms with Gasteiger partial charge in [-0.2, -0.15) is 0 Å². The van der Waals surface area contributed by atoms with Gasteiger partial charge in [-0.15, -0.1) is 0 Å². The van der Waals surface area contributed by atoms with Crippen LogP contribution in [0.2, 0.25) is 16.6 Å². The van der Waals surface area contributed by atoms with Crippen molar-refractivity contribution >= 4 is 14.1 Å². The summed E-state index contributed by atoms with van der Waals surface area (Å²) in [5.41, 5.74) is 1.89. The first-order valence-corrected chi connectivity index (χ1v) is 13.4. The second-order valence-electron chi connectivity index (χ2n) is 9.77. The third kappa shape index (κ3) is 3.18. The highest BCUT2D eigenvalue weighted by molar-refractivity contribution is 6.77. The van der Waals surface area contributed by atoms with E-state index >= 15 is 0 Å². The summed E-state index contributed by atoms with van der Waals surface area (Å²) in [6, 6.07) is 8.24. The SMILES string of the molecule is CC(C)[Si](O[C@@H]1CCC2(Oc3c(F)cccc3C2=O)c2cccnc21)(C(C)C)C(C)C. The predicted octanol–water partition coefficient (Wildman–Crippen LogP) is 6.72. The maximum atomic E-state index is 14.4. The van der Waals surface area contributed by atoms with Crippen molar-refractivity contribution in [1.29, 1.82) is 0 Å². The molecule has 0 amide bonds. The van der Waals surface area contributed by atoms with Gasteiger partial charge < -0.3 is 9.16 Å². The Bertz CT molecular complexity index is 984. The third-order valence-corrected chi connectivity index (χ3v) is 13.4. The molecule has 4 nitrogen and oxygen atoms in total. The van der Waals surface area contributed by atoms with Gasteiger partial charge in [-0.1, -0.05) is 53.7 Å². The fourth-order valence-corrected chi connectivity index (χ4v) is 11.5. The molecule has 0 saturated heterocycles. The van der Waals surface area contributed by atoms with Crippen molar-refractivity contribution in [3.8, 4) is 5.75 Å². The largest absolute Gasteiger partial charge is 0.470 e. The van der Waals surface area contributed by atoms with Gasteiger partial charge in [0.05, 0.1) is 17.4 Å². The summed E-state index contributed by atoms with van der Waals surface area (Å²) in [6.07, 6.45) is 2.62. The molecule has 0 saturated carbocycles. The summed E-state index contributed by atoms with van der Waals surface area (Å²) in [5.74, 6) is -0.635. The lowest BCUT2D eigenvalue weighted by molar-refractivity contribution is 0.0291. The molecule has 0 N–H and O–H groups in total. The maximum absolute atomic E-state index is 14.4. The van der Waals surface area contributed by atoms with Gasteiger partial charge in [-0.05, 0) is 41.2 Å². The number of halogens is 1. The summed E-state index contributed by atoms with van der Waals surface area (Å²) in [7, 11) is -2.15. The fourth-order valence-electron chi connectivity index (χ4n) is 5.96. The van der Waals surface area contributed by atoms with Crippen molar-refractivity contribution in [2.75, 3.05) is 0 Å². The Labute approximate surface area is 185 Å². The standard InChI is InChI=1S/C25H32FNO3Si/c1-15(2)31(16(3)4,17(5)6)30-21-12-13-25(19-10-8-14-27-22(19)21)24(28)18-9-7-11-20(26)23(18)29-25/h7-11,14-17,21H,12-13H2,1-6H3/t21-,25?/m1/s1. The molecule has 1 unspecified atom stereocenters. The van der Waals surface area contributed by atoms with Gasteiger partial charge in [0.1, 0.15) is 0 Å². The van der Waals surface area contributed by atoms with Crippen LogP contribution in [0.5, 0.6) is 5.75 Å². The molecular weight excluding hydrogens is 409 g/mol. The van der Waals surface area contributed by atoms with E-state index in [2.05, 4.69) is 46.5 Å². The summed E-state index contributed by atoms with van der Waals surface area (Å²) < 4.78 is 27.6.